The average molecular weight is 233 g/mol. The fraction of sp³-hybridized carbons (Fsp3) is 0.333. The minimum absolute atomic E-state index is 0.190. The molecule has 1 nitrogen and oxygen atoms in total. The molecule has 0 amide bonds. The van der Waals surface area contributed by atoms with E-state index >= 15 is 0 Å². The predicted octanol–water partition coefficient (Wildman–Crippen LogP) is 3.16. The lowest BCUT2D eigenvalue weighted by Gasteiger charge is -2.06. The van der Waals surface area contributed by atoms with E-state index in [1.807, 2.05) is 6.92 Å². The summed E-state index contributed by atoms with van der Waals surface area (Å²) in [5, 5.41) is 0. The van der Waals surface area contributed by atoms with Gasteiger partial charge in [0.2, 0.25) is 0 Å². The van der Waals surface area contributed by atoms with Crippen molar-refractivity contribution in [2.45, 2.75) is 13.3 Å². The molecular weight excluding hydrogens is 223 g/mol. The van der Waals surface area contributed by atoms with Crippen LogP contribution in [0.25, 0.3) is 0 Å². The molecule has 0 aliphatic heterocycles. The van der Waals surface area contributed by atoms with Gasteiger partial charge in [0.15, 0.2) is 0 Å². The summed E-state index contributed by atoms with van der Waals surface area (Å²) in [6.07, 6.45) is 0.676. The number of benzene rings is 1. The fourth-order valence-electron chi connectivity index (χ4n) is 0.999. The Bertz CT molecular complexity index is 261. The molecule has 0 aromatic heterocycles. The molecule has 1 rings (SSSR count). The van der Waals surface area contributed by atoms with E-state index in [1.54, 1.807) is 13.2 Å². The molecule has 1 aromatic carbocycles. The molecule has 0 saturated carbocycles. The van der Waals surface area contributed by atoms with Crippen molar-refractivity contribution in [2.75, 3.05) is 7.11 Å². The van der Waals surface area contributed by atoms with Crippen LogP contribution in [0.2, 0.25) is 0 Å². The van der Waals surface area contributed by atoms with Crippen LogP contribution < -0.4 is 4.74 Å². The van der Waals surface area contributed by atoms with E-state index < -0.39 is 0 Å². The number of ether oxygens (including phenoxy) is 1. The van der Waals surface area contributed by atoms with Gasteiger partial charge < -0.3 is 4.74 Å². The largest absolute Gasteiger partial charge is 0.496 e. The molecular formula is C9H10BrFO. The quantitative estimate of drug-likeness (QED) is 0.762. The van der Waals surface area contributed by atoms with Gasteiger partial charge in [-0.25, -0.2) is 4.39 Å². The third-order valence-corrected chi connectivity index (χ3v) is 2.32. The Morgan fingerprint density at radius 1 is 1.50 bits per heavy atom. The average Bonchev–Trinajstić information content (AvgIpc) is 2.05. The highest BCUT2D eigenvalue weighted by molar-refractivity contribution is 9.10. The number of hydrogen-bond acceptors (Lipinski definition) is 1. The summed E-state index contributed by atoms with van der Waals surface area (Å²) in [7, 11) is 1.57. The van der Waals surface area contributed by atoms with E-state index in [2.05, 4.69) is 15.9 Å². The van der Waals surface area contributed by atoms with Crippen molar-refractivity contribution >= 4 is 15.9 Å². The Kier molecular flexibility index (Phi) is 3.09. The maximum Gasteiger partial charge on any atom is 0.133 e. The van der Waals surface area contributed by atoms with Gasteiger partial charge in [0.1, 0.15) is 11.6 Å². The SMILES string of the molecule is CCc1cc(OC)c(Br)cc1F. The molecule has 1 aromatic rings. The van der Waals surface area contributed by atoms with Gasteiger partial charge in [0, 0.05) is 0 Å². The molecule has 12 heavy (non-hydrogen) atoms. The van der Waals surface area contributed by atoms with Gasteiger partial charge in [-0.1, -0.05) is 6.92 Å². The lowest BCUT2D eigenvalue weighted by molar-refractivity contribution is 0.410. The van der Waals surface area contributed by atoms with Crippen LogP contribution in [-0.2, 0) is 6.42 Å². The molecule has 0 fully saturated rings. The molecule has 0 aliphatic rings. The number of rotatable bonds is 2. The molecule has 66 valence electrons. The number of halogens is 2. The smallest absolute Gasteiger partial charge is 0.133 e. The number of methoxy groups -OCH3 is 1. The van der Waals surface area contributed by atoms with Crippen LogP contribution in [0.1, 0.15) is 12.5 Å². The topological polar surface area (TPSA) is 9.23 Å². The molecule has 0 bridgehead atoms. The Labute approximate surface area is 79.7 Å². The number of aryl methyl sites for hydroxylation is 1. The summed E-state index contributed by atoms with van der Waals surface area (Å²) in [6.45, 7) is 1.91. The van der Waals surface area contributed by atoms with Crippen molar-refractivity contribution in [2.24, 2.45) is 0 Å². The fourth-order valence-corrected chi connectivity index (χ4v) is 1.48. The van der Waals surface area contributed by atoms with Crippen LogP contribution in [0.5, 0.6) is 5.75 Å². The normalized spacial score (nSPS) is 10.0. The van der Waals surface area contributed by atoms with Crippen LogP contribution in [0.15, 0.2) is 16.6 Å². The first kappa shape index (κ1) is 9.52. The standard InChI is InChI=1S/C9H10BrFO/c1-3-6-4-9(12-2)7(10)5-8(6)11/h4-5H,3H2,1-2H3. The molecule has 0 spiro atoms. The summed E-state index contributed by atoms with van der Waals surface area (Å²) in [5.41, 5.74) is 0.676. The molecule has 0 unspecified atom stereocenters. The van der Waals surface area contributed by atoms with Gasteiger partial charge in [0.25, 0.3) is 0 Å². The summed E-state index contributed by atoms with van der Waals surface area (Å²) >= 11 is 3.21. The summed E-state index contributed by atoms with van der Waals surface area (Å²) in [4.78, 5) is 0. The summed E-state index contributed by atoms with van der Waals surface area (Å²) in [5.74, 6) is 0.485. The van der Waals surface area contributed by atoms with E-state index in [0.29, 0.717) is 22.2 Å². The maximum atomic E-state index is 13.1. The molecule has 0 N–H and O–H groups in total. The van der Waals surface area contributed by atoms with E-state index in [4.69, 9.17) is 4.74 Å². The zero-order chi connectivity index (χ0) is 9.14. The molecule has 3 heteroatoms. The van der Waals surface area contributed by atoms with E-state index in [1.165, 1.54) is 6.07 Å². The van der Waals surface area contributed by atoms with E-state index in [-0.39, 0.29) is 5.82 Å². The van der Waals surface area contributed by atoms with E-state index in [0.717, 1.165) is 0 Å². The zero-order valence-electron chi connectivity index (χ0n) is 7.03. The highest BCUT2D eigenvalue weighted by Crippen LogP contribution is 2.27. The Morgan fingerprint density at radius 2 is 2.17 bits per heavy atom. The highest BCUT2D eigenvalue weighted by Gasteiger charge is 2.06. The molecule has 0 radical (unpaired) electrons. The Hall–Kier alpha value is -0.570. The predicted molar refractivity (Wildman–Crippen MR) is 50.0 cm³/mol. The Morgan fingerprint density at radius 3 is 2.67 bits per heavy atom. The third kappa shape index (κ3) is 1.78. The monoisotopic (exact) mass is 232 g/mol. The zero-order valence-corrected chi connectivity index (χ0v) is 8.61. The van der Waals surface area contributed by atoms with Crippen molar-refractivity contribution < 1.29 is 9.13 Å². The van der Waals surface area contributed by atoms with Crippen LogP contribution in [-0.4, -0.2) is 7.11 Å². The number of hydrogen-bond donors (Lipinski definition) is 0. The third-order valence-electron chi connectivity index (χ3n) is 1.70. The molecule has 0 heterocycles. The second-order valence-electron chi connectivity index (χ2n) is 2.43. The van der Waals surface area contributed by atoms with Gasteiger partial charge in [-0.3, -0.25) is 0 Å². The molecule has 0 saturated heterocycles. The highest BCUT2D eigenvalue weighted by atomic mass is 79.9. The first-order valence-electron chi connectivity index (χ1n) is 3.71. The lowest BCUT2D eigenvalue weighted by Crippen LogP contribution is -1.91. The van der Waals surface area contributed by atoms with Gasteiger partial charge >= 0.3 is 0 Å². The van der Waals surface area contributed by atoms with Crippen LogP contribution in [0, 0.1) is 5.82 Å². The second-order valence-corrected chi connectivity index (χ2v) is 3.29. The van der Waals surface area contributed by atoms with Crippen LogP contribution >= 0.6 is 15.9 Å². The summed E-state index contributed by atoms with van der Waals surface area (Å²) < 4.78 is 18.8. The van der Waals surface area contributed by atoms with Crippen molar-refractivity contribution in [3.05, 3.63) is 28.0 Å². The molecule has 0 atom stereocenters. The van der Waals surface area contributed by atoms with Crippen LogP contribution in [0.3, 0.4) is 0 Å². The van der Waals surface area contributed by atoms with Gasteiger partial charge in [0.05, 0.1) is 11.6 Å². The van der Waals surface area contributed by atoms with Gasteiger partial charge in [-0.05, 0) is 40.0 Å². The first-order chi connectivity index (χ1) is 5.69. The van der Waals surface area contributed by atoms with Gasteiger partial charge in [-0.15, -0.1) is 0 Å². The Balaban J connectivity index is 3.18. The lowest BCUT2D eigenvalue weighted by atomic mass is 10.1. The van der Waals surface area contributed by atoms with Crippen LogP contribution in [0.4, 0.5) is 4.39 Å². The minimum Gasteiger partial charge on any atom is -0.496 e. The van der Waals surface area contributed by atoms with Gasteiger partial charge in [-0.2, -0.15) is 0 Å². The van der Waals surface area contributed by atoms with Crippen molar-refractivity contribution in [3.63, 3.8) is 0 Å². The first-order valence-corrected chi connectivity index (χ1v) is 4.50. The van der Waals surface area contributed by atoms with E-state index in [9.17, 15) is 4.39 Å². The molecule has 0 aliphatic carbocycles. The summed E-state index contributed by atoms with van der Waals surface area (Å²) in [6, 6.07) is 3.14. The van der Waals surface area contributed by atoms with Crippen molar-refractivity contribution in [3.8, 4) is 5.75 Å². The maximum absolute atomic E-state index is 13.1. The van der Waals surface area contributed by atoms with Crippen molar-refractivity contribution in [1.29, 1.82) is 0 Å². The minimum atomic E-state index is -0.190. The second kappa shape index (κ2) is 3.90. The van der Waals surface area contributed by atoms with Crippen molar-refractivity contribution in [1.82, 2.24) is 0 Å².